The first-order valence-corrected chi connectivity index (χ1v) is 8.80. The molecule has 3 aliphatic rings. The second kappa shape index (κ2) is 7.14. The third kappa shape index (κ3) is 3.38. The van der Waals surface area contributed by atoms with E-state index < -0.39 is 0 Å². The number of fused-ring (bicyclic) bond motifs is 1. The van der Waals surface area contributed by atoms with Crippen LogP contribution in [-0.4, -0.2) is 50.3 Å². The van der Waals surface area contributed by atoms with E-state index in [0.29, 0.717) is 18.9 Å². The molecule has 2 heterocycles. The van der Waals surface area contributed by atoms with Crippen LogP contribution in [0.4, 0.5) is 0 Å². The third-order valence-corrected chi connectivity index (χ3v) is 5.54. The van der Waals surface area contributed by atoms with Crippen molar-refractivity contribution in [2.45, 2.75) is 57.5 Å². The lowest BCUT2D eigenvalue weighted by Crippen LogP contribution is -2.58. The molecule has 0 aromatic heterocycles. The first kappa shape index (κ1) is 16.0. The molecule has 124 valence electrons. The summed E-state index contributed by atoms with van der Waals surface area (Å²) in [6, 6.07) is 0. The first-order chi connectivity index (χ1) is 10.7. The van der Waals surface area contributed by atoms with E-state index in [1.165, 1.54) is 18.4 Å². The van der Waals surface area contributed by atoms with E-state index in [1.54, 1.807) is 7.11 Å². The van der Waals surface area contributed by atoms with Crippen LogP contribution >= 0.6 is 0 Å². The fourth-order valence-electron chi connectivity index (χ4n) is 4.37. The van der Waals surface area contributed by atoms with Gasteiger partial charge in [0.1, 0.15) is 0 Å². The van der Waals surface area contributed by atoms with E-state index in [1.807, 2.05) is 0 Å². The number of carbonyl (C=O) groups excluding carboxylic acids is 1. The van der Waals surface area contributed by atoms with Crippen molar-refractivity contribution in [2.24, 2.45) is 5.41 Å². The molecular weight excluding hydrogens is 278 g/mol. The van der Waals surface area contributed by atoms with Gasteiger partial charge in [-0.15, -0.1) is 0 Å². The maximum atomic E-state index is 12.7. The minimum absolute atomic E-state index is 0.0157. The number of rotatable bonds is 4. The summed E-state index contributed by atoms with van der Waals surface area (Å²) in [6.45, 7) is 3.20. The SMILES string of the molecule is COC[C@@]12CCCO[C@H]1CCN(C(=O)CC1=CCCCC1)C2. The molecule has 2 atom stereocenters. The standard InChI is InChI=1S/C18H29NO3/c1-21-14-18-9-5-11-22-16(18)8-10-19(13-18)17(20)12-15-6-3-2-4-7-15/h6,16H,2-5,7-14H2,1H3/t16-,18-/m0/s1. The lowest BCUT2D eigenvalue weighted by atomic mass is 9.73. The summed E-state index contributed by atoms with van der Waals surface area (Å²) in [5, 5.41) is 0. The molecular formula is C18H29NO3. The number of carbonyl (C=O) groups is 1. The zero-order chi connectivity index (χ0) is 15.4. The normalized spacial score (nSPS) is 32.3. The summed E-state index contributed by atoms with van der Waals surface area (Å²) < 4.78 is 11.5. The highest BCUT2D eigenvalue weighted by atomic mass is 16.5. The minimum Gasteiger partial charge on any atom is -0.384 e. The van der Waals surface area contributed by atoms with E-state index in [-0.39, 0.29) is 11.5 Å². The molecule has 4 nitrogen and oxygen atoms in total. The van der Waals surface area contributed by atoms with Crippen LogP contribution < -0.4 is 0 Å². The Balaban J connectivity index is 1.64. The number of hydrogen-bond acceptors (Lipinski definition) is 3. The van der Waals surface area contributed by atoms with Crippen LogP contribution in [0.25, 0.3) is 0 Å². The van der Waals surface area contributed by atoms with Crippen LogP contribution in [-0.2, 0) is 14.3 Å². The second-order valence-electron chi connectivity index (χ2n) is 7.15. The van der Waals surface area contributed by atoms with Crippen molar-refractivity contribution in [3.8, 4) is 0 Å². The summed E-state index contributed by atoms with van der Waals surface area (Å²) in [5.41, 5.74) is 1.36. The number of nitrogens with zero attached hydrogens (tertiary/aromatic N) is 1. The molecule has 0 N–H and O–H groups in total. The highest BCUT2D eigenvalue weighted by Gasteiger charge is 2.46. The van der Waals surface area contributed by atoms with Gasteiger partial charge >= 0.3 is 0 Å². The summed E-state index contributed by atoms with van der Waals surface area (Å²) in [6.07, 6.45) is 11.1. The van der Waals surface area contributed by atoms with Gasteiger partial charge < -0.3 is 14.4 Å². The van der Waals surface area contributed by atoms with Crippen LogP contribution in [0.2, 0.25) is 0 Å². The molecule has 4 heteroatoms. The van der Waals surface area contributed by atoms with Crippen LogP contribution in [0.3, 0.4) is 0 Å². The Bertz CT molecular complexity index is 430. The topological polar surface area (TPSA) is 38.8 Å². The van der Waals surface area contributed by atoms with Crippen LogP contribution in [0, 0.1) is 5.41 Å². The number of amides is 1. The number of piperidine rings is 1. The van der Waals surface area contributed by atoms with Gasteiger partial charge in [0.15, 0.2) is 0 Å². The van der Waals surface area contributed by atoms with Crippen molar-refractivity contribution in [3.63, 3.8) is 0 Å². The molecule has 0 unspecified atom stereocenters. The molecule has 2 saturated heterocycles. The monoisotopic (exact) mass is 307 g/mol. The molecule has 0 saturated carbocycles. The average Bonchev–Trinajstić information content (AvgIpc) is 2.55. The molecule has 0 aromatic rings. The number of hydrogen-bond donors (Lipinski definition) is 0. The van der Waals surface area contributed by atoms with Crippen molar-refractivity contribution in [1.82, 2.24) is 4.90 Å². The Morgan fingerprint density at radius 1 is 1.45 bits per heavy atom. The lowest BCUT2D eigenvalue weighted by Gasteiger charge is -2.50. The zero-order valence-electron chi connectivity index (χ0n) is 13.8. The van der Waals surface area contributed by atoms with Crippen molar-refractivity contribution in [1.29, 1.82) is 0 Å². The quantitative estimate of drug-likeness (QED) is 0.750. The predicted octanol–water partition coefficient (Wildman–Crippen LogP) is 2.92. The Morgan fingerprint density at radius 3 is 3.14 bits per heavy atom. The van der Waals surface area contributed by atoms with Crippen LogP contribution in [0.5, 0.6) is 0 Å². The van der Waals surface area contributed by atoms with E-state index in [9.17, 15) is 4.79 Å². The van der Waals surface area contributed by atoms with Crippen molar-refractivity contribution in [2.75, 3.05) is 33.4 Å². The molecule has 22 heavy (non-hydrogen) atoms. The summed E-state index contributed by atoms with van der Waals surface area (Å²) in [7, 11) is 1.76. The smallest absolute Gasteiger partial charge is 0.226 e. The van der Waals surface area contributed by atoms with Gasteiger partial charge in [-0.25, -0.2) is 0 Å². The van der Waals surface area contributed by atoms with Gasteiger partial charge in [-0.3, -0.25) is 4.79 Å². The maximum absolute atomic E-state index is 12.7. The van der Waals surface area contributed by atoms with Gasteiger partial charge in [-0.2, -0.15) is 0 Å². The lowest BCUT2D eigenvalue weighted by molar-refractivity contribution is -0.161. The number of likely N-dealkylation sites (tertiary alicyclic amines) is 1. The Hall–Kier alpha value is -0.870. The van der Waals surface area contributed by atoms with Crippen LogP contribution in [0.15, 0.2) is 11.6 Å². The zero-order valence-corrected chi connectivity index (χ0v) is 13.8. The Labute approximate surface area is 133 Å². The number of methoxy groups -OCH3 is 1. The molecule has 3 rings (SSSR count). The third-order valence-electron chi connectivity index (χ3n) is 5.54. The van der Waals surface area contributed by atoms with Crippen molar-refractivity contribution < 1.29 is 14.3 Å². The average molecular weight is 307 g/mol. The predicted molar refractivity (Wildman–Crippen MR) is 85.6 cm³/mol. The van der Waals surface area contributed by atoms with Gasteiger partial charge in [0.25, 0.3) is 0 Å². The number of ether oxygens (including phenoxy) is 2. The van der Waals surface area contributed by atoms with Gasteiger partial charge in [0.05, 0.1) is 12.7 Å². The molecule has 0 bridgehead atoms. The fourth-order valence-corrected chi connectivity index (χ4v) is 4.37. The summed E-state index contributed by atoms with van der Waals surface area (Å²) >= 11 is 0. The molecule has 0 spiro atoms. The largest absolute Gasteiger partial charge is 0.384 e. The maximum Gasteiger partial charge on any atom is 0.226 e. The highest BCUT2D eigenvalue weighted by molar-refractivity contribution is 5.79. The van der Waals surface area contributed by atoms with Gasteiger partial charge in [0.2, 0.25) is 5.91 Å². The van der Waals surface area contributed by atoms with Crippen molar-refractivity contribution in [3.05, 3.63) is 11.6 Å². The molecule has 0 aromatic carbocycles. The molecule has 2 aliphatic heterocycles. The van der Waals surface area contributed by atoms with Gasteiger partial charge in [-0.1, -0.05) is 11.6 Å². The minimum atomic E-state index is 0.0157. The second-order valence-corrected chi connectivity index (χ2v) is 7.15. The van der Waals surface area contributed by atoms with E-state index >= 15 is 0 Å². The highest BCUT2D eigenvalue weighted by Crippen LogP contribution is 2.40. The molecule has 2 fully saturated rings. The molecule has 0 radical (unpaired) electrons. The Morgan fingerprint density at radius 2 is 2.36 bits per heavy atom. The van der Waals surface area contributed by atoms with Crippen molar-refractivity contribution >= 4 is 5.91 Å². The van der Waals surface area contributed by atoms with E-state index in [0.717, 1.165) is 51.8 Å². The fraction of sp³-hybridized carbons (Fsp3) is 0.833. The van der Waals surface area contributed by atoms with E-state index in [2.05, 4.69) is 11.0 Å². The summed E-state index contributed by atoms with van der Waals surface area (Å²) in [5.74, 6) is 0.299. The molecule has 1 aliphatic carbocycles. The van der Waals surface area contributed by atoms with Gasteiger partial charge in [0, 0.05) is 38.6 Å². The van der Waals surface area contributed by atoms with Crippen LogP contribution in [0.1, 0.15) is 51.4 Å². The van der Waals surface area contributed by atoms with Gasteiger partial charge in [-0.05, 0) is 44.9 Å². The number of allylic oxidation sites excluding steroid dienone is 1. The van der Waals surface area contributed by atoms with E-state index in [4.69, 9.17) is 9.47 Å². The first-order valence-electron chi connectivity index (χ1n) is 8.80. The Kier molecular flexibility index (Phi) is 5.19. The summed E-state index contributed by atoms with van der Waals surface area (Å²) in [4.78, 5) is 14.8. The molecule has 1 amide bonds.